The first kappa shape index (κ1) is 13.0. The van der Waals surface area contributed by atoms with Crippen LogP contribution in [0.3, 0.4) is 0 Å². The monoisotopic (exact) mass is 214 g/mol. The van der Waals surface area contributed by atoms with Crippen LogP contribution in [0.25, 0.3) is 0 Å². The molecule has 1 fully saturated rings. The molecule has 0 saturated heterocycles. The fourth-order valence-corrected chi connectivity index (χ4v) is 3.05. The van der Waals surface area contributed by atoms with Gasteiger partial charge in [-0.1, -0.05) is 20.8 Å². The van der Waals surface area contributed by atoms with E-state index in [1.54, 1.807) is 0 Å². The molecular formula is C13H26O2. The molecule has 0 aromatic carbocycles. The Morgan fingerprint density at radius 2 is 1.67 bits per heavy atom. The van der Waals surface area contributed by atoms with Crippen LogP contribution in [0.2, 0.25) is 0 Å². The van der Waals surface area contributed by atoms with Crippen LogP contribution in [0.5, 0.6) is 0 Å². The molecule has 2 heteroatoms. The molecule has 1 saturated carbocycles. The highest BCUT2D eigenvalue weighted by Crippen LogP contribution is 2.47. The van der Waals surface area contributed by atoms with E-state index in [0.717, 1.165) is 44.4 Å². The normalized spacial score (nSPS) is 33.0. The summed E-state index contributed by atoms with van der Waals surface area (Å²) >= 11 is 0. The molecule has 1 aliphatic rings. The lowest BCUT2D eigenvalue weighted by Crippen LogP contribution is -2.52. The van der Waals surface area contributed by atoms with Gasteiger partial charge in [0, 0.05) is 5.41 Å². The van der Waals surface area contributed by atoms with Crippen molar-refractivity contribution in [3.05, 3.63) is 0 Å². The van der Waals surface area contributed by atoms with Gasteiger partial charge in [0.15, 0.2) is 0 Å². The Kier molecular flexibility index (Phi) is 4.19. The largest absolute Gasteiger partial charge is 0.396 e. The highest BCUT2D eigenvalue weighted by atomic mass is 16.3. The lowest BCUT2D eigenvalue weighted by molar-refractivity contribution is -0.139. The fraction of sp³-hybridized carbons (Fsp3) is 1.00. The molecule has 0 aliphatic heterocycles. The first-order valence-electron chi connectivity index (χ1n) is 6.37. The predicted octanol–water partition coefficient (Wildman–Crippen LogP) is 2.73. The Morgan fingerprint density at radius 3 is 2.00 bits per heavy atom. The van der Waals surface area contributed by atoms with Crippen LogP contribution >= 0.6 is 0 Å². The van der Waals surface area contributed by atoms with Gasteiger partial charge in [0.1, 0.15) is 0 Å². The minimum atomic E-state index is -0.627. The molecule has 0 spiro atoms. The number of rotatable bonds is 4. The van der Waals surface area contributed by atoms with Gasteiger partial charge in [-0.25, -0.2) is 0 Å². The van der Waals surface area contributed by atoms with E-state index in [0.29, 0.717) is 0 Å². The van der Waals surface area contributed by atoms with E-state index in [1.165, 1.54) is 0 Å². The van der Waals surface area contributed by atoms with Crippen LogP contribution in [-0.4, -0.2) is 22.4 Å². The van der Waals surface area contributed by atoms with Crippen molar-refractivity contribution in [2.24, 2.45) is 11.3 Å². The maximum atomic E-state index is 10.7. The van der Waals surface area contributed by atoms with Crippen LogP contribution < -0.4 is 0 Å². The Bertz CT molecular complexity index is 180. The molecule has 1 rings (SSSR count). The topological polar surface area (TPSA) is 40.5 Å². The molecule has 2 N–H and O–H groups in total. The number of aliphatic hydroxyl groups is 2. The van der Waals surface area contributed by atoms with Gasteiger partial charge in [0.25, 0.3) is 0 Å². The van der Waals surface area contributed by atoms with Gasteiger partial charge >= 0.3 is 0 Å². The zero-order chi connectivity index (χ0) is 11.5. The summed E-state index contributed by atoms with van der Waals surface area (Å²) in [5, 5.41) is 20.3. The van der Waals surface area contributed by atoms with E-state index in [2.05, 4.69) is 20.8 Å². The van der Waals surface area contributed by atoms with Crippen LogP contribution in [-0.2, 0) is 0 Å². The lowest BCUT2D eigenvalue weighted by atomic mass is 9.61. The molecule has 0 aromatic rings. The minimum absolute atomic E-state index is 0.116. The van der Waals surface area contributed by atoms with Crippen LogP contribution in [0.15, 0.2) is 0 Å². The summed E-state index contributed by atoms with van der Waals surface area (Å²) < 4.78 is 0. The van der Waals surface area contributed by atoms with Crippen LogP contribution in [0.1, 0.15) is 59.3 Å². The Balaban J connectivity index is 2.82. The second-order valence-corrected chi connectivity index (χ2v) is 5.36. The summed E-state index contributed by atoms with van der Waals surface area (Å²) in [5.41, 5.74) is -0.898. The van der Waals surface area contributed by atoms with Gasteiger partial charge in [-0.2, -0.15) is 0 Å². The SMILES string of the molecule is CCC(CC)(CO)C1(O)CCC(C)CC1. The Morgan fingerprint density at radius 1 is 1.20 bits per heavy atom. The number of hydrogen-bond donors (Lipinski definition) is 2. The second-order valence-electron chi connectivity index (χ2n) is 5.36. The molecule has 1 aliphatic carbocycles. The van der Waals surface area contributed by atoms with Crippen molar-refractivity contribution in [1.82, 2.24) is 0 Å². The van der Waals surface area contributed by atoms with Crippen molar-refractivity contribution < 1.29 is 10.2 Å². The summed E-state index contributed by atoms with van der Waals surface area (Å²) in [6, 6.07) is 0. The van der Waals surface area contributed by atoms with Gasteiger partial charge < -0.3 is 10.2 Å². The summed E-state index contributed by atoms with van der Waals surface area (Å²) in [6.45, 7) is 6.52. The molecule has 0 bridgehead atoms. The summed E-state index contributed by atoms with van der Waals surface area (Å²) in [4.78, 5) is 0. The van der Waals surface area contributed by atoms with Crippen molar-refractivity contribution in [3.63, 3.8) is 0 Å². The lowest BCUT2D eigenvalue weighted by Gasteiger charge is -2.49. The molecule has 0 unspecified atom stereocenters. The summed E-state index contributed by atoms with van der Waals surface area (Å²) in [7, 11) is 0. The Labute approximate surface area is 93.7 Å². The summed E-state index contributed by atoms with van der Waals surface area (Å²) in [5.74, 6) is 0.732. The molecular weight excluding hydrogens is 188 g/mol. The van der Waals surface area contributed by atoms with Crippen LogP contribution in [0.4, 0.5) is 0 Å². The molecule has 90 valence electrons. The number of aliphatic hydroxyl groups excluding tert-OH is 1. The van der Waals surface area contributed by atoms with E-state index in [4.69, 9.17) is 0 Å². The maximum Gasteiger partial charge on any atom is 0.0725 e. The molecule has 0 atom stereocenters. The van der Waals surface area contributed by atoms with Crippen molar-refractivity contribution in [2.75, 3.05) is 6.61 Å². The fourth-order valence-electron chi connectivity index (χ4n) is 3.05. The van der Waals surface area contributed by atoms with E-state index >= 15 is 0 Å². The van der Waals surface area contributed by atoms with Crippen molar-refractivity contribution >= 4 is 0 Å². The number of hydrogen-bond acceptors (Lipinski definition) is 2. The maximum absolute atomic E-state index is 10.7. The third kappa shape index (κ3) is 2.21. The van der Waals surface area contributed by atoms with Crippen molar-refractivity contribution in [1.29, 1.82) is 0 Å². The summed E-state index contributed by atoms with van der Waals surface area (Å²) in [6.07, 6.45) is 5.64. The molecule has 15 heavy (non-hydrogen) atoms. The van der Waals surface area contributed by atoms with Gasteiger partial charge in [0.05, 0.1) is 12.2 Å². The molecule has 0 aromatic heterocycles. The second kappa shape index (κ2) is 4.84. The quantitative estimate of drug-likeness (QED) is 0.755. The van der Waals surface area contributed by atoms with E-state index < -0.39 is 5.60 Å². The van der Waals surface area contributed by atoms with E-state index in [-0.39, 0.29) is 12.0 Å². The molecule has 0 heterocycles. The van der Waals surface area contributed by atoms with Gasteiger partial charge in [-0.05, 0) is 44.4 Å². The zero-order valence-corrected chi connectivity index (χ0v) is 10.4. The smallest absolute Gasteiger partial charge is 0.0725 e. The predicted molar refractivity (Wildman–Crippen MR) is 62.7 cm³/mol. The highest BCUT2D eigenvalue weighted by Gasteiger charge is 2.48. The van der Waals surface area contributed by atoms with Gasteiger partial charge in [-0.15, -0.1) is 0 Å². The highest BCUT2D eigenvalue weighted by molar-refractivity contribution is 4.99. The van der Waals surface area contributed by atoms with E-state index in [9.17, 15) is 10.2 Å². The Hall–Kier alpha value is -0.0800. The molecule has 0 amide bonds. The third-order valence-corrected chi connectivity index (χ3v) is 4.74. The standard InChI is InChI=1S/C13H26O2/c1-4-12(5-2,10-14)13(15)8-6-11(3)7-9-13/h11,14-15H,4-10H2,1-3H3. The van der Waals surface area contributed by atoms with Gasteiger partial charge in [-0.3, -0.25) is 0 Å². The third-order valence-electron chi connectivity index (χ3n) is 4.74. The van der Waals surface area contributed by atoms with Crippen molar-refractivity contribution in [2.45, 2.75) is 64.9 Å². The zero-order valence-electron chi connectivity index (χ0n) is 10.4. The minimum Gasteiger partial charge on any atom is -0.396 e. The first-order valence-corrected chi connectivity index (χ1v) is 6.37. The average molecular weight is 214 g/mol. The van der Waals surface area contributed by atoms with Crippen LogP contribution in [0, 0.1) is 11.3 Å². The van der Waals surface area contributed by atoms with Crippen molar-refractivity contribution in [3.8, 4) is 0 Å². The van der Waals surface area contributed by atoms with E-state index in [1.807, 2.05) is 0 Å². The van der Waals surface area contributed by atoms with Gasteiger partial charge in [0.2, 0.25) is 0 Å². The molecule has 0 radical (unpaired) electrons. The molecule has 2 nitrogen and oxygen atoms in total. The first-order chi connectivity index (χ1) is 7.03. The average Bonchev–Trinajstić information content (AvgIpc) is 2.26.